The Morgan fingerprint density at radius 2 is 0.549 bits per heavy atom. The Bertz CT molecular complexity index is 2670. The molecule has 7 rings (SSSR count). The number of rotatable bonds is 10. The lowest BCUT2D eigenvalue weighted by atomic mass is 9.94. The van der Waals surface area contributed by atoms with Crippen LogP contribution in [0.25, 0.3) is 0 Å². The van der Waals surface area contributed by atoms with Crippen LogP contribution in [0.15, 0.2) is 133 Å². The average molecular weight is 1140 g/mol. The topological polar surface area (TPSA) is 9.23 Å². The molecule has 0 aliphatic carbocycles. The van der Waals surface area contributed by atoms with Gasteiger partial charge in [-0.3, -0.25) is 0 Å². The summed E-state index contributed by atoms with van der Waals surface area (Å²) in [7, 11) is 0. The first-order valence-corrected chi connectivity index (χ1v) is 30.8. The minimum atomic E-state index is -2.76. The quantitative estimate of drug-likeness (QED) is 0.133. The second kappa shape index (κ2) is 39.6. The maximum absolute atomic E-state index is 12.1. The van der Waals surface area contributed by atoms with E-state index in [4.69, 9.17) is 0 Å². The lowest BCUT2D eigenvalue weighted by molar-refractivity contribution is -0.0505. The SMILES string of the molecule is CC.CCc1cc(C)ccc1C(C)C.Cc1ccc(C(C)C)c(C)c1.Cc1ccc(C(C)C)c(C)c1.Cc1ccc(C(C)C)c(C)c1.Cc1ccc(C(C)C)c(C)c1.Cc1ccc(C(C)C)c(OC(F)F)c1.Cc1ccc(C(C)C)cc1.[2HH].[2HH].[2HH].[2HH].[2HH].[2HH].[2HH].[2HH]. The van der Waals surface area contributed by atoms with Crippen LogP contribution in [0.1, 0.15) is 276 Å². The Hall–Kier alpha value is -5.80. The lowest BCUT2D eigenvalue weighted by Gasteiger charge is -2.13. The molecular weight excluding hydrogens is 1000 g/mol. The summed E-state index contributed by atoms with van der Waals surface area (Å²) in [6, 6.07) is 47.5. The first kappa shape index (κ1) is 76.2. The zero-order valence-electron chi connectivity index (χ0n) is 57.2. The number of benzene rings is 7. The molecule has 0 saturated heterocycles. The van der Waals surface area contributed by atoms with Crippen LogP contribution in [0.3, 0.4) is 0 Å². The second-order valence-corrected chi connectivity index (χ2v) is 24.4. The van der Waals surface area contributed by atoms with Crippen molar-refractivity contribution < 1.29 is 24.9 Å². The van der Waals surface area contributed by atoms with Crippen LogP contribution in [0.5, 0.6) is 5.75 Å². The van der Waals surface area contributed by atoms with Gasteiger partial charge in [-0.05, 0) is 202 Å². The Morgan fingerprint density at radius 1 is 0.305 bits per heavy atom. The van der Waals surface area contributed by atoms with Gasteiger partial charge in [0.2, 0.25) is 0 Å². The number of alkyl halides is 2. The third-order valence-corrected chi connectivity index (χ3v) is 14.2. The summed E-state index contributed by atoms with van der Waals surface area (Å²) in [6.07, 6.45) is 1.15. The van der Waals surface area contributed by atoms with E-state index in [2.05, 4.69) is 279 Å². The number of aryl methyl sites for hydroxylation is 12. The molecule has 0 N–H and O–H groups in total. The Kier molecular flexibility index (Phi) is 36.8. The largest absolute Gasteiger partial charge is 0.435 e. The summed E-state index contributed by atoms with van der Waals surface area (Å²) in [5.74, 6) is 4.37. The summed E-state index contributed by atoms with van der Waals surface area (Å²) in [4.78, 5) is 0. The van der Waals surface area contributed by atoms with Crippen molar-refractivity contribution in [3.63, 3.8) is 0 Å². The van der Waals surface area contributed by atoms with Crippen LogP contribution in [0.4, 0.5) is 8.78 Å². The highest BCUT2D eigenvalue weighted by Crippen LogP contribution is 2.29. The van der Waals surface area contributed by atoms with Gasteiger partial charge in [-0.15, -0.1) is 0 Å². The normalized spacial score (nSPS) is 10.5. The Morgan fingerprint density at radius 3 is 0.793 bits per heavy atom. The standard InChI is InChI=1S/C12H18.C11H14F2O.4C11H16.C10H14.C2H6.8H2/c1-5-11-8-10(4)6-7-12(11)9(2)3;1-7(2)9-5-4-8(3)6-10(9)14-11(12)13;4*1-8(2)11-6-5-9(3)7-10(11)4;1-8(2)10-6-4-9(3)5-7-10;1-2;;;;;;;;/h6-9H,5H2,1-4H3;4-7,11H,1-3H3;4*5-8H,1-4H3;4-8H,1-3H3;1-2H3;8*1H/i;;;;;;;;8*1+1. The van der Waals surface area contributed by atoms with Crippen molar-refractivity contribution in [3.05, 3.63) is 239 Å². The molecule has 468 valence electrons. The molecule has 0 saturated carbocycles. The summed E-state index contributed by atoms with van der Waals surface area (Å²) in [5, 5.41) is 0. The fourth-order valence-corrected chi connectivity index (χ4v) is 9.77. The molecule has 7 aromatic rings. The van der Waals surface area contributed by atoms with Gasteiger partial charge < -0.3 is 4.74 Å². The van der Waals surface area contributed by atoms with E-state index in [1.807, 2.05) is 46.8 Å². The molecule has 0 unspecified atom stereocenters. The van der Waals surface area contributed by atoms with Gasteiger partial charge in [0, 0.05) is 11.4 Å². The Balaban J connectivity index is -0.000000119. The molecule has 0 heterocycles. The van der Waals surface area contributed by atoms with E-state index >= 15 is 0 Å². The highest BCUT2D eigenvalue weighted by molar-refractivity contribution is 5.40. The molecule has 1 nitrogen and oxygen atoms in total. The van der Waals surface area contributed by atoms with Crippen molar-refractivity contribution >= 4 is 0 Å². The van der Waals surface area contributed by atoms with Crippen molar-refractivity contribution in [1.82, 2.24) is 0 Å². The molecular formula is C79H132F2O. The average Bonchev–Trinajstić information content (AvgIpc) is 3.48. The maximum Gasteiger partial charge on any atom is 0.387 e. The first-order chi connectivity index (χ1) is 38.3. The molecule has 82 heavy (non-hydrogen) atoms. The first-order valence-electron chi connectivity index (χ1n) is 30.8. The van der Waals surface area contributed by atoms with Crippen LogP contribution >= 0.6 is 0 Å². The fraction of sp³-hybridized carbons (Fsp3) is 0.468. The molecule has 0 aliphatic rings. The van der Waals surface area contributed by atoms with E-state index in [0.717, 1.165) is 17.5 Å². The van der Waals surface area contributed by atoms with E-state index in [-0.39, 0.29) is 23.1 Å². The van der Waals surface area contributed by atoms with Crippen molar-refractivity contribution in [3.8, 4) is 5.75 Å². The zero-order valence-corrected chi connectivity index (χ0v) is 57.2. The van der Waals surface area contributed by atoms with Gasteiger partial charge in [-0.1, -0.05) is 278 Å². The molecule has 0 aliphatic heterocycles. The monoisotopic (exact) mass is 1140 g/mol. The third kappa shape index (κ3) is 29.4. The van der Waals surface area contributed by atoms with E-state index in [1.165, 1.54) is 94.6 Å². The van der Waals surface area contributed by atoms with Gasteiger partial charge in [-0.2, -0.15) is 8.78 Å². The van der Waals surface area contributed by atoms with Crippen molar-refractivity contribution in [2.75, 3.05) is 0 Å². The van der Waals surface area contributed by atoms with Crippen LogP contribution in [-0.4, -0.2) is 6.61 Å². The predicted molar refractivity (Wildman–Crippen MR) is 380 cm³/mol. The summed E-state index contributed by atoms with van der Waals surface area (Å²) in [6.45, 7) is 57.6. The lowest BCUT2D eigenvalue weighted by Crippen LogP contribution is -2.05. The van der Waals surface area contributed by atoms with Crippen LogP contribution in [-0.2, 0) is 6.42 Å². The third-order valence-electron chi connectivity index (χ3n) is 14.2. The number of halogens is 2. The van der Waals surface area contributed by atoms with E-state index < -0.39 is 6.61 Å². The highest BCUT2D eigenvalue weighted by Gasteiger charge is 2.12. The van der Waals surface area contributed by atoms with Gasteiger partial charge in [-0.25, -0.2) is 0 Å². The maximum atomic E-state index is 12.1. The van der Waals surface area contributed by atoms with Crippen molar-refractivity contribution in [1.29, 1.82) is 0 Å². The van der Waals surface area contributed by atoms with Gasteiger partial charge >= 0.3 is 6.61 Å². The zero-order chi connectivity index (χ0) is 63.1. The van der Waals surface area contributed by atoms with Crippen LogP contribution in [0.2, 0.25) is 0 Å². The van der Waals surface area contributed by atoms with Gasteiger partial charge in [0.15, 0.2) is 0 Å². The minimum absolute atomic E-state index is 0. The molecule has 0 fully saturated rings. The van der Waals surface area contributed by atoms with Crippen LogP contribution in [0, 0.1) is 76.2 Å². The molecule has 0 aromatic heterocycles. The number of hydrogen-bond donors (Lipinski definition) is 0. The Labute approximate surface area is 516 Å². The molecule has 3 heteroatoms. The van der Waals surface area contributed by atoms with Crippen molar-refractivity contribution in [2.24, 2.45) is 0 Å². The van der Waals surface area contributed by atoms with Gasteiger partial charge in [0.05, 0.1) is 0 Å². The summed E-state index contributed by atoms with van der Waals surface area (Å²) < 4.78 is 28.6. The van der Waals surface area contributed by atoms with Crippen molar-refractivity contribution in [2.45, 2.75) is 248 Å². The van der Waals surface area contributed by atoms with Gasteiger partial charge in [0.25, 0.3) is 0 Å². The van der Waals surface area contributed by atoms with Crippen LogP contribution < -0.4 is 4.74 Å². The smallest absolute Gasteiger partial charge is 0.387 e. The summed E-state index contributed by atoms with van der Waals surface area (Å²) >= 11 is 0. The van der Waals surface area contributed by atoms with Gasteiger partial charge in [0.1, 0.15) is 5.75 Å². The fourth-order valence-electron chi connectivity index (χ4n) is 9.77. The number of ether oxygens (including phenoxy) is 1. The molecule has 0 amide bonds. The second-order valence-electron chi connectivity index (χ2n) is 24.4. The predicted octanol–water partition coefficient (Wildman–Crippen LogP) is 27.2. The van der Waals surface area contributed by atoms with E-state index in [1.54, 1.807) is 6.07 Å². The van der Waals surface area contributed by atoms with E-state index in [9.17, 15) is 8.78 Å². The molecule has 7 aromatic carbocycles. The summed E-state index contributed by atoms with van der Waals surface area (Å²) in [5.41, 5.74) is 25.8. The number of hydrogen-bond acceptors (Lipinski definition) is 1. The molecule has 0 radical (unpaired) electrons. The highest BCUT2D eigenvalue weighted by atomic mass is 19.3. The molecule has 0 bridgehead atoms. The minimum Gasteiger partial charge on any atom is -0.435 e. The molecule has 0 atom stereocenters. The molecule has 0 spiro atoms. The van der Waals surface area contributed by atoms with E-state index in [0.29, 0.717) is 35.5 Å².